The highest BCUT2D eigenvalue weighted by molar-refractivity contribution is 5.85. The number of hydrogen-bond acceptors (Lipinski definition) is 6. The van der Waals surface area contributed by atoms with Crippen LogP contribution >= 0.6 is 0 Å². The molecule has 1 amide bonds. The van der Waals surface area contributed by atoms with Crippen LogP contribution in [-0.4, -0.2) is 39.6 Å². The molecule has 180 valence electrons. The van der Waals surface area contributed by atoms with E-state index in [2.05, 4.69) is 27.1 Å². The van der Waals surface area contributed by atoms with E-state index in [-0.39, 0.29) is 11.9 Å². The molecule has 34 heavy (non-hydrogen) atoms. The third-order valence-corrected chi connectivity index (χ3v) is 5.48. The van der Waals surface area contributed by atoms with Gasteiger partial charge >= 0.3 is 12.5 Å². The van der Waals surface area contributed by atoms with Crippen LogP contribution in [-0.2, 0) is 9.47 Å². The Labute approximate surface area is 193 Å². The number of rotatable bonds is 5. The average molecular weight is 476 g/mol. The molecule has 0 unspecified atom stereocenters. The van der Waals surface area contributed by atoms with Crippen molar-refractivity contribution in [3.8, 4) is 22.8 Å². The summed E-state index contributed by atoms with van der Waals surface area (Å²) in [5.74, 6) is 0.510. The summed E-state index contributed by atoms with van der Waals surface area (Å²) in [5.41, 5.74) is 1.74. The zero-order valence-electron chi connectivity index (χ0n) is 18.5. The van der Waals surface area contributed by atoms with Gasteiger partial charge in [0, 0.05) is 17.7 Å². The van der Waals surface area contributed by atoms with Crippen molar-refractivity contribution in [1.29, 1.82) is 0 Å². The van der Waals surface area contributed by atoms with E-state index >= 15 is 0 Å². The number of aromatic nitrogens is 3. The van der Waals surface area contributed by atoms with Crippen molar-refractivity contribution in [3.05, 3.63) is 54.9 Å². The number of amides is 1. The van der Waals surface area contributed by atoms with Crippen molar-refractivity contribution in [1.82, 2.24) is 14.8 Å². The standard InChI is InChI=1S/C23H23F3N4O4/c1-14-3-12-20(32-15(14)2)33-22(31)28-17-6-4-16(5-7-17)21-27-13-30(29-21)18-8-10-19(11-9-18)34-23(24,25)26/h4-11,13-15,20H,3,12H2,1-2H3,(H,28,31)/t14-,15+,20+/m0/s1. The van der Waals surface area contributed by atoms with Crippen molar-refractivity contribution in [2.75, 3.05) is 5.32 Å². The molecule has 1 aromatic heterocycles. The molecule has 2 heterocycles. The summed E-state index contributed by atoms with van der Waals surface area (Å²) in [5, 5.41) is 7.02. The Balaban J connectivity index is 1.35. The van der Waals surface area contributed by atoms with E-state index in [0.29, 0.717) is 35.1 Å². The minimum atomic E-state index is -4.75. The Morgan fingerprint density at radius 2 is 1.79 bits per heavy atom. The number of nitrogens with one attached hydrogen (secondary N) is 1. The summed E-state index contributed by atoms with van der Waals surface area (Å²) in [6.07, 6.45) is -2.84. The van der Waals surface area contributed by atoms with Gasteiger partial charge < -0.3 is 14.2 Å². The van der Waals surface area contributed by atoms with Crippen LogP contribution in [0.4, 0.5) is 23.7 Å². The fourth-order valence-electron chi connectivity index (χ4n) is 3.45. The average Bonchev–Trinajstić information content (AvgIpc) is 3.26. The van der Waals surface area contributed by atoms with Crippen molar-refractivity contribution >= 4 is 11.8 Å². The van der Waals surface area contributed by atoms with E-state index in [1.54, 1.807) is 24.3 Å². The molecule has 1 aliphatic rings. The number of carbonyl (C=O) groups is 1. The SMILES string of the molecule is C[C@H]1CC[C@@H](OC(=O)Nc2ccc(-c3ncn(-c4ccc(OC(F)(F)F)cc4)n3)cc2)O[C@@H]1C. The molecule has 0 aliphatic carbocycles. The highest BCUT2D eigenvalue weighted by Gasteiger charge is 2.31. The van der Waals surface area contributed by atoms with Crippen LogP contribution in [0, 0.1) is 5.92 Å². The first-order valence-electron chi connectivity index (χ1n) is 10.7. The first-order valence-corrected chi connectivity index (χ1v) is 10.7. The van der Waals surface area contributed by atoms with Gasteiger partial charge in [-0.3, -0.25) is 5.32 Å². The van der Waals surface area contributed by atoms with Crippen LogP contribution in [0.15, 0.2) is 54.9 Å². The van der Waals surface area contributed by atoms with Crippen molar-refractivity contribution in [2.45, 2.75) is 45.4 Å². The summed E-state index contributed by atoms with van der Waals surface area (Å²) >= 11 is 0. The van der Waals surface area contributed by atoms with Crippen LogP contribution in [0.1, 0.15) is 26.7 Å². The predicted octanol–water partition coefficient (Wildman–Crippen LogP) is 5.54. The fourth-order valence-corrected chi connectivity index (χ4v) is 3.45. The van der Waals surface area contributed by atoms with Gasteiger partial charge in [0.2, 0.25) is 6.29 Å². The molecule has 1 saturated heterocycles. The van der Waals surface area contributed by atoms with E-state index in [1.165, 1.54) is 35.3 Å². The van der Waals surface area contributed by atoms with Crippen molar-refractivity contribution in [2.24, 2.45) is 5.92 Å². The number of benzene rings is 2. The predicted molar refractivity (Wildman–Crippen MR) is 116 cm³/mol. The molecule has 3 aromatic rings. The number of halogens is 3. The van der Waals surface area contributed by atoms with Crippen molar-refractivity contribution < 1.29 is 32.2 Å². The highest BCUT2D eigenvalue weighted by Crippen LogP contribution is 2.26. The first-order chi connectivity index (χ1) is 16.2. The Morgan fingerprint density at radius 3 is 2.44 bits per heavy atom. The normalized spacial score (nSPS) is 20.6. The molecule has 1 N–H and O–H groups in total. The van der Waals surface area contributed by atoms with Crippen LogP contribution in [0.2, 0.25) is 0 Å². The summed E-state index contributed by atoms with van der Waals surface area (Å²) in [7, 11) is 0. The van der Waals surface area contributed by atoms with E-state index in [4.69, 9.17) is 9.47 Å². The van der Waals surface area contributed by atoms with Crippen LogP contribution in [0.25, 0.3) is 17.1 Å². The Bertz CT molecular complexity index is 1120. The van der Waals surface area contributed by atoms with Gasteiger partial charge in [0.15, 0.2) is 5.82 Å². The minimum Gasteiger partial charge on any atom is -0.419 e. The molecule has 0 radical (unpaired) electrons. The summed E-state index contributed by atoms with van der Waals surface area (Å²) in [4.78, 5) is 16.4. The maximum atomic E-state index is 12.3. The van der Waals surface area contributed by atoms with E-state index in [1.807, 2.05) is 6.92 Å². The third kappa shape index (κ3) is 6.04. The van der Waals surface area contributed by atoms with Crippen molar-refractivity contribution in [3.63, 3.8) is 0 Å². The van der Waals surface area contributed by atoms with Gasteiger partial charge in [0.25, 0.3) is 0 Å². The minimum absolute atomic E-state index is 0.0318. The highest BCUT2D eigenvalue weighted by atomic mass is 19.4. The first kappa shape index (κ1) is 23.6. The monoisotopic (exact) mass is 476 g/mol. The number of ether oxygens (including phenoxy) is 3. The quantitative estimate of drug-likeness (QED) is 0.520. The second kappa shape index (κ2) is 9.72. The molecular weight excluding hydrogens is 453 g/mol. The van der Waals surface area contributed by atoms with Gasteiger partial charge in [-0.05, 0) is 67.8 Å². The molecule has 2 aromatic carbocycles. The summed E-state index contributed by atoms with van der Waals surface area (Å²) in [6, 6.07) is 12.1. The summed E-state index contributed by atoms with van der Waals surface area (Å²) in [6.45, 7) is 4.06. The van der Waals surface area contributed by atoms with Gasteiger partial charge in [-0.2, -0.15) is 0 Å². The van der Waals surface area contributed by atoms with E-state index in [0.717, 1.165) is 6.42 Å². The maximum Gasteiger partial charge on any atom is 0.573 e. The Morgan fingerprint density at radius 1 is 1.09 bits per heavy atom. The number of carbonyl (C=O) groups excluding carboxylic acids is 1. The molecule has 0 bridgehead atoms. The summed E-state index contributed by atoms with van der Waals surface area (Å²) < 4.78 is 53.2. The number of nitrogens with zero attached hydrogens (tertiary/aromatic N) is 3. The van der Waals surface area contributed by atoms with Gasteiger partial charge in [-0.25, -0.2) is 14.5 Å². The lowest BCUT2D eigenvalue weighted by Gasteiger charge is -2.31. The van der Waals surface area contributed by atoms with E-state index < -0.39 is 18.7 Å². The molecule has 8 nitrogen and oxygen atoms in total. The molecule has 0 saturated carbocycles. The second-order valence-electron chi connectivity index (χ2n) is 7.99. The lowest BCUT2D eigenvalue weighted by atomic mass is 9.97. The van der Waals surface area contributed by atoms with Gasteiger partial charge in [0.1, 0.15) is 12.1 Å². The smallest absolute Gasteiger partial charge is 0.419 e. The van der Waals surface area contributed by atoms with Crippen LogP contribution < -0.4 is 10.1 Å². The number of anilines is 1. The third-order valence-electron chi connectivity index (χ3n) is 5.48. The van der Waals surface area contributed by atoms with Gasteiger partial charge in [0.05, 0.1) is 11.8 Å². The zero-order valence-corrected chi connectivity index (χ0v) is 18.5. The maximum absolute atomic E-state index is 12.3. The van der Waals surface area contributed by atoms with Crippen LogP contribution in [0.5, 0.6) is 5.75 Å². The van der Waals surface area contributed by atoms with E-state index in [9.17, 15) is 18.0 Å². The molecule has 1 aliphatic heterocycles. The topological polar surface area (TPSA) is 87.5 Å². The molecule has 0 spiro atoms. The lowest BCUT2D eigenvalue weighted by molar-refractivity contribution is -0.274. The molecule has 4 rings (SSSR count). The molecule has 1 fully saturated rings. The van der Waals surface area contributed by atoms with Gasteiger partial charge in [-0.1, -0.05) is 6.92 Å². The lowest BCUT2D eigenvalue weighted by Crippen LogP contribution is -2.35. The number of hydrogen-bond donors (Lipinski definition) is 1. The van der Waals surface area contributed by atoms with Gasteiger partial charge in [-0.15, -0.1) is 18.3 Å². The zero-order chi connectivity index (χ0) is 24.3. The largest absolute Gasteiger partial charge is 0.573 e. The molecular formula is C23H23F3N4O4. The Hall–Kier alpha value is -3.60. The Kier molecular flexibility index (Phi) is 6.73. The molecule has 11 heteroatoms. The fraction of sp³-hybridized carbons (Fsp3) is 0.348. The molecule has 3 atom stereocenters. The number of alkyl halides is 3. The van der Waals surface area contributed by atoms with Crippen LogP contribution in [0.3, 0.4) is 0 Å². The second-order valence-corrected chi connectivity index (χ2v) is 7.99.